The molecular weight excluding hydrogens is 224 g/mol. The predicted molar refractivity (Wildman–Crippen MR) is 72.5 cm³/mol. The maximum absolute atomic E-state index is 11.9. The second-order valence-electron chi connectivity index (χ2n) is 4.16. The number of ketones is 1. The second kappa shape index (κ2) is 6.01. The van der Waals surface area contributed by atoms with Gasteiger partial charge in [-0.2, -0.15) is 0 Å². The molecule has 2 rings (SSSR count). The quantitative estimate of drug-likeness (QED) is 0.581. The lowest BCUT2D eigenvalue weighted by molar-refractivity contribution is 0.104. The van der Waals surface area contributed by atoms with Gasteiger partial charge in [-0.25, -0.2) is 0 Å². The third-order valence-corrected chi connectivity index (χ3v) is 2.72. The first-order valence-electron chi connectivity index (χ1n) is 6.14. The van der Waals surface area contributed by atoms with E-state index in [1.165, 1.54) is 11.6 Å². The van der Waals surface area contributed by atoms with E-state index in [4.69, 9.17) is 4.42 Å². The molecule has 0 atom stereocenters. The molecule has 0 aliphatic carbocycles. The molecule has 0 bridgehead atoms. The van der Waals surface area contributed by atoms with Crippen molar-refractivity contribution < 1.29 is 9.21 Å². The summed E-state index contributed by atoms with van der Waals surface area (Å²) in [5.74, 6) is 0.681. The monoisotopic (exact) mass is 240 g/mol. The Hall–Kier alpha value is -2.09. The van der Waals surface area contributed by atoms with E-state index >= 15 is 0 Å². The van der Waals surface area contributed by atoms with Crippen LogP contribution in [0.25, 0.3) is 6.08 Å². The lowest BCUT2D eigenvalue weighted by Crippen LogP contribution is -1.94. The number of rotatable bonds is 5. The van der Waals surface area contributed by atoms with Crippen LogP contribution in [-0.2, 0) is 6.42 Å². The molecule has 0 radical (unpaired) electrons. The lowest BCUT2D eigenvalue weighted by Gasteiger charge is -1.99. The number of carbonyl (C=O) groups excluding carboxylic acids is 1. The summed E-state index contributed by atoms with van der Waals surface area (Å²) in [6.07, 6.45) is 6.97. The van der Waals surface area contributed by atoms with E-state index in [1.54, 1.807) is 18.4 Å². The number of furan rings is 1. The first-order chi connectivity index (χ1) is 8.79. The van der Waals surface area contributed by atoms with Crippen LogP contribution >= 0.6 is 0 Å². The minimum atomic E-state index is -0.00514. The van der Waals surface area contributed by atoms with Crippen molar-refractivity contribution in [1.82, 2.24) is 0 Å². The van der Waals surface area contributed by atoms with E-state index in [-0.39, 0.29) is 5.78 Å². The largest absolute Gasteiger partial charge is 0.465 e. The van der Waals surface area contributed by atoms with E-state index in [0.29, 0.717) is 11.3 Å². The van der Waals surface area contributed by atoms with Crippen LogP contribution in [-0.4, -0.2) is 5.78 Å². The molecule has 0 unspecified atom stereocenters. The van der Waals surface area contributed by atoms with Gasteiger partial charge in [0.1, 0.15) is 5.76 Å². The van der Waals surface area contributed by atoms with Crippen LogP contribution in [0.2, 0.25) is 0 Å². The van der Waals surface area contributed by atoms with Crippen LogP contribution in [0.1, 0.15) is 35.0 Å². The van der Waals surface area contributed by atoms with Gasteiger partial charge in [-0.15, -0.1) is 0 Å². The zero-order valence-corrected chi connectivity index (χ0v) is 10.4. The van der Waals surface area contributed by atoms with Gasteiger partial charge in [0.05, 0.1) is 6.26 Å². The molecule has 1 aromatic carbocycles. The Bertz CT molecular complexity index is 519. The fourth-order valence-electron chi connectivity index (χ4n) is 1.76. The Labute approximate surface area is 107 Å². The average molecular weight is 240 g/mol. The summed E-state index contributed by atoms with van der Waals surface area (Å²) in [7, 11) is 0. The van der Waals surface area contributed by atoms with Crippen molar-refractivity contribution in [2.45, 2.75) is 19.8 Å². The first kappa shape index (κ1) is 12.4. The highest BCUT2D eigenvalue weighted by Crippen LogP contribution is 2.09. The zero-order valence-electron chi connectivity index (χ0n) is 10.4. The molecule has 92 valence electrons. The summed E-state index contributed by atoms with van der Waals surface area (Å²) >= 11 is 0. The van der Waals surface area contributed by atoms with E-state index in [9.17, 15) is 4.79 Å². The maximum Gasteiger partial charge on any atom is 0.185 e. The van der Waals surface area contributed by atoms with Gasteiger partial charge >= 0.3 is 0 Å². The molecule has 18 heavy (non-hydrogen) atoms. The molecule has 2 heteroatoms. The number of allylic oxidation sites excluding steroid dienone is 1. The van der Waals surface area contributed by atoms with Crippen molar-refractivity contribution in [1.29, 1.82) is 0 Å². The molecule has 0 saturated carbocycles. The van der Waals surface area contributed by atoms with Gasteiger partial charge in [0, 0.05) is 5.56 Å². The Kier molecular flexibility index (Phi) is 4.13. The van der Waals surface area contributed by atoms with E-state index in [2.05, 4.69) is 6.92 Å². The zero-order chi connectivity index (χ0) is 12.8. The summed E-state index contributed by atoms with van der Waals surface area (Å²) in [6.45, 7) is 2.14. The number of benzene rings is 1. The molecule has 0 aliphatic rings. The molecule has 0 N–H and O–H groups in total. The van der Waals surface area contributed by atoms with E-state index < -0.39 is 0 Å². The van der Waals surface area contributed by atoms with Crippen molar-refractivity contribution in [3.63, 3.8) is 0 Å². The van der Waals surface area contributed by atoms with Gasteiger partial charge in [0.15, 0.2) is 5.78 Å². The average Bonchev–Trinajstić information content (AvgIpc) is 2.90. The van der Waals surface area contributed by atoms with E-state index in [0.717, 1.165) is 12.8 Å². The molecule has 0 aliphatic heterocycles. The standard InChI is InChI=1S/C16H16O2/c1-2-4-13-6-8-14(9-7-13)16(17)11-10-15-5-3-12-18-15/h3,5-12H,2,4H2,1H3/b11-10+. The lowest BCUT2D eigenvalue weighted by atomic mass is 10.1. The van der Waals surface area contributed by atoms with Crippen molar-refractivity contribution in [2.24, 2.45) is 0 Å². The SMILES string of the molecule is CCCc1ccc(C(=O)/C=C/c2ccco2)cc1. The van der Waals surface area contributed by atoms with Crippen LogP contribution < -0.4 is 0 Å². The smallest absolute Gasteiger partial charge is 0.185 e. The topological polar surface area (TPSA) is 30.2 Å². The van der Waals surface area contributed by atoms with Crippen LogP contribution in [0.4, 0.5) is 0 Å². The predicted octanol–water partition coefficient (Wildman–Crippen LogP) is 4.13. The molecular formula is C16H16O2. The number of hydrogen-bond acceptors (Lipinski definition) is 2. The highest BCUT2D eigenvalue weighted by atomic mass is 16.3. The second-order valence-corrected chi connectivity index (χ2v) is 4.16. The fraction of sp³-hybridized carbons (Fsp3) is 0.188. The number of hydrogen-bond donors (Lipinski definition) is 0. The Morgan fingerprint density at radius 3 is 2.61 bits per heavy atom. The molecule has 2 nitrogen and oxygen atoms in total. The van der Waals surface area contributed by atoms with Crippen LogP contribution in [0, 0.1) is 0 Å². The molecule has 0 amide bonds. The maximum atomic E-state index is 11.9. The van der Waals surface area contributed by atoms with Crippen LogP contribution in [0.5, 0.6) is 0 Å². The summed E-state index contributed by atoms with van der Waals surface area (Å²) in [6, 6.07) is 11.4. The van der Waals surface area contributed by atoms with Crippen LogP contribution in [0.15, 0.2) is 53.2 Å². The molecule has 2 aromatic rings. The summed E-state index contributed by atoms with van der Waals surface area (Å²) in [5.41, 5.74) is 1.97. The van der Waals surface area contributed by atoms with Gasteiger partial charge < -0.3 is 4.42 Å². The fourth-order valence-corrected chi connectivity index (χ4v) is 1.76. The van der Waals surface area contributed by atoms with Gasteiger partial charge in [0.25, 0.3) is 0 Å². The Balaban J connectivity index is 2.04. The minimum absolute atomic E-state index is 0.00514. The third kappa shape index (κ3) is 3.20. The van der Waals surface area contributed by atoms with Crippen molar-refractivity contribution in [3.8, 4) is 0 Å². The Morgan fingerprint density at radius 1 is 1.22 bits per heavy atom. The van der Waals surface area contributed by atoms with Gasteiger partial charge in [0.2, 0.25) is 0 Å². The van der Waals surface area contributed by atoms with Crippen molar-refractivity contribution >= 4 is 11.9 Å². The van der Waals surface area contributed by atoms with Gasteiger partial charge in [-0.05, 0) is 36.3 Å². The third-order valence-electron chi connectivity index (χ3n) is 2.72. The highest BCUT2D eigenvalue weighted by molar-refractivity contribution is 6.06. The normalized spacial score (nSPS) is 10.9. The first-order valence-corrected chi connectivity index (χ1v) is 6.14. The molecule has 0 spiro atoms. The summed E-state index contributed by atoms with van der Waals surface area (Å²) < 4.78 is 5.13. The minimum Gasteiger partial charge on any atom is -0.465 e. The number of carbonyl (C=O) groups is 1. The van der Waals surface area contributed by atoms with Crippen LogP contribution in [0.3, 0.4) is 0 Å². The highest BCUT2D eigenvalue weighted by Gasteiger charge is 2.01. The molecule has 1 aromatic heterocycles. The molecule has 0 saturated heterocycles. The molecule has 0 fully saturated rings. The summed E-state index contributed by atoms with van der Waals surface area (Å²) in [4.78, 5) is 11.9. The summed E-state index contributed by atoms with van der Waals surface area (Å²) in [5, 5.41) is 0. The van der Waals surface area contributed by atoms with Gasteiger partial charge in [-0.3, -0.25) is 4.79 Å². The van der Waals surface area contributed by atoms with E-state index in [1.807, 2.05) is 30.3 Å². The Morgan fingerprint density at radius 2 is 2.00 bits per heavy atom. The van der Waals surface area contributed by atoms with Gasteiger partial charge in [-0.1, -0.05) is 37.6 Å². The molecule has 1 heterocycles. The number of aryl methyl sites for hydroxylation is 1. The van der Waals surface area contributed by atoms with Crippen molar-refractivity contribution in [2.75, 3.05) is 0 Å². The van der Waals surface area contributed by atoms with Crippen molar-refractivity contribution in [3.05, 3.63) is 65.6 Å².